The molecule has 2 aromatic rings. The monoisotopic (exact) mass is 220 g/mol. The Balaban J connectivity index is 2.41. The molecule has 0 saturated carbocycles. The van der Waals surface area contributed by atoms with E-state index < -0.39 is 6.10 Å². The third kappa shape index (κ3) is 1.86. The van der Waals surface area contributed by atoms with E-state index in [4.69, 9.17) is 5.73 Å². The van der Waals surface area contributed by atoms with Gasteiger partial charge in [0.1, 0.15) is 11.9 Å². The van der Waals surface area contributed by atoms with E-state index in [-0.39, 0.29) is 0 Å². The van der Waals surface area contributed by atoms with Gasteiger partial charge >= 0.3 is 0 Å². The number of nitrogens with two attached hydrogens (primary N) is 1. The van der Waals surface area contributed by atoms with E-state index in [9.17, 15) is 5.11 Å². The molecule has 3 nitrogen and oxygen atoms in total. The van der Waals surface area contributed by atoms with Crippen molar-refractivity contribution in [2.75, 3.05) is 5.73 Å². The Kier molecular flexibility index (Phi) is 2.70. The molecule has 4 heteroatoms. The number of rotatable bonds is 2. The first kappa shape index (κ1) is 10.1. The van der Waals surface area contributed by atoms with Crippen LogP contribution < -0.4 is 5.73 Å². The molecule has 0 fully saturated rings. The van der Waals surface area contributed by atoms with Crippen LogP contribution in [0, 0.1) is 6.92 Å². The Morgan fingerprint density at radius 1 is 1.40 bits per heavy atom. The lowest BCUT2D eigenvalue weighted by Gasteiger charge is -2.12. The summed E-state index contributed by atoms with van der Waals surface area (Å²) in [6.07, 6.45) is 0.941. The van der Waals surface area contributed by atoms with Gasteiger partial charge in [-0.05, 0) is 34.9 Å². The lowest BCUT2D eigenvalue weighted by atomic mass is 10.0. The van der Waals surface area contributed by atoms with Crippen LogP contribution in [0.4, 0.5) is 5.82 Å². The zero-order valence-corrected chi connectivity index (χ0v) is 9.16. The average Bonchev–Trinajstić information content (AvgIpc) is 2.64. The highest BCUT2D eigenvalue weighted by Crippen LogP contribution is 2.29. The second kappa shape index (κ2) is 4.00. The molecule has 2 rings (SSSR count). The molecule has 3 N–H and O–H groups in total. The van der Waals surface area contributed by atoms with Crippen LogP contribution in [0.2, 0.25) is 0 Å². The van der Waals surface area contributed by atoms with Crippen LogP contribution in [0.5, 0.6) is 0 Å². The highest BCUT2D eigenvalue weighted by Gasteiger charge is 2.16. The lowest BCUT2D eigenvalue weighted by Crippen LogP contribution is -2.05. The first-order chi connectivity index (χ1) is 7.20. The molecular formula is C11H12N2OS. The van der Waals surface area contributed by atoms with Crippen molar-refractivity contribution in [3.8, 4) is 0 Å². The minimum atomic E-state index is -0.676. The third-order valence-electron chi connectivity index (χ3n) is 2.36. The molecule has 0 aliphatic heterocycles. The molecular weight excluding hydrogens is 208 g/mol. The molecule has 2 heterocycles. The maximum absolute atomic E-state index is 10.1. The quantitative estimate of drug-likeness (QED) is 0.815. The Bertz CT molecular complexity index is 467. The number of nitrogens with zero attached hydrogens (tertiary/aromatic N) is 1. The molecule has 0 aromatic carbocycles. The van der Waals surface area contributed by atoms with Gasteiger partial charge in [0.2, 0.25) is 0 Å². The van der Waals surface area contributed by atoms with Crippen molar-refractivity contribution < 1.29 is 5.11 Å². The minimum Gasteiger partial charge on any atom is -0.383 e. The number of pyridine rings is 1. The maximum Gasteiger partial charge on any atom is 0.129 e. The van der Waals surface area contributed by atoms with Crippen molar-refractivity contribution in [1.29, 1.82) is 0 Å². The van der Waals surface area contributed by atoms with Gasteiger partial charge in [0.15, 0.2) is 0 Å². The number of aliphatic hydroxyl groups is 1. The SMILES string of the molecule is Cc1cscc1C(O)c1cccnc1N. The summed E-state index contributed by atoms with van der Waals surface area (Å²) < 4.78 is 0. The second-order valence-electron chi connectivity index (χ2n) is 3.39. The van der Waals surface area contributed by atoms with Crippen LogP contribution in [-0.4, -0.2) is 10.1 Å². The van der Waals surface area contributed by atoms with Crippen molar-refractivity contribution >= 4 is 17.2 Å². The van der Waals surface area contributed by atoms with E-state index in [2.05, 4.69) is 4.98 Å². The highest BCUT2D eigenvalue weighted by molar-refractivity contribution is 7.08. The fourth-order valence-corrected chi connectivity index (χ4v) is 2.35. The first-order valence-corrected chi connectivity index (χ1v) is 5.55. The smallest absolute Gasteiger partial charge is 0.129 e. The van der Waals surface area contributed by atoms with Gasteiger partial charge in [-0.25, -0.2) is 4.98 Å². The van der Waals surface area contributed by atoms with Crippen LogP contribution in [0.15, 0.2) is 29.1 Å². The predicted octanol–water partition coefficient (Wildman–Crippen LogP) is 2.12. The molecule has 1 unspecified atom stereocenters. The van der Waals surface area contributed by atoms with Crippen LogP contribution in [-0.2, 0) is 0 Å². The molecule has 15 heavy (non-hydrogen) atoms. The number of aliphatic hydroxyl groups excluding tert-OH is 1. The Morgan fingerprint density at radius 3 is 2.80 bits per heavy atom. The molecule has 0 bridgehead atoms. The standard InChI is InChI=1S/C11H12N2OS/c1-7-5-15-6-9(7)10(14)8-3-2-4-13-11(8)12/h2-6,10,14H,1H3,(H2,12,13). The van der Waals surface area contributed by atoms with Crippen molar-refractivity contribution in [3.05, 3.63) is 45.8 Å². The number of nitrogen functional groups attached to an aromatic ring is 1. The third-order valence-corrected chi connectivity index (χ3v) is 3.24. The summed E-state index contributed by atoms with van der Waals surface area (Å²) in [5.41, 5.74) is 8.36. The van der Waals surface area contributed by atoms with Gasteiger partial charge in [-0.2, -0.15) is 11.3 Å². The van der Waals surface area contributed by atoms with Crippen LogP contribution in [0.1, 0.15) is 22.8 Å². The summed E-state index contributed by atoms with van der Waals surface area (Å²) in [6, 6.07) is 3.57. The summed E-state index contributed by atoms with van der Waals surface area (Å²) >= 11 is 1.57. The summed E-state index contributed by atoms with van der Waals surface area (Å²) in [6.45, 7) is 1.97. The average molecular weight is 220 g/mol. The topological polar surface area (TPSA) is 59.1 Å². The van der Waals surface area contributed by atoms with Crippen molar-refractivity contribution in [2.24, 2.45) is 0 Å². The Hall–Kier alpha value is -1.39. The molecule has 1 atom stereocenters. The summed E-state index contributed by atoms with van der Waals surface area (Å²) in [7, 11) is 0. The second-order valence-corrected chi connectivity index (χ2v) is 4.13. The molecule has 0 spiro atoms. The number of hydrogen-bond acceptors (Lipinski definition) is 4. The number of anilines is 1. The Morgan fingerprint density at radius 2 is 2.20 bits per heavy atom. The molecule has 0 amide bonds. The fourth-order valence-electron chi connectivity index (χ4n) is 1.48. The van der Waals surface area contributed by atoms with Crippen LogP contribution >= 0.6 is 11.3 Å². The first-order valence-electron chi connectivity index (χ1n) is 4.61. The van der Waals surface area contributed by atoms with Gasteiger partial charge < -0.3 is 10.8 Å². The molecule has 0 aliphatic carbocycles. The normalized spacial score (nSPS) is 12.7. The van der Waals surface area contributed by atoms with E-state index >= 15 is 0 Å². The lowest BCUT2D eigenvalue weighted by molar-refractivity contribution is 0.220. The maximum atomic E-state index is 10.1. The van der Waals surface area contributed by atoms with Gasteiger partial charge in [0.05, 0.1) is 0 Å². The number of thiophene rings is 1. The number of aromatic nitrogens is 1. The van der Waals surface area contributed by atoms with E-state index in [0.29, 0.717) is 11.4 Å². The van der Waals surface area contributed by atoms with Crippen molar-refractivity contribution in [3.63, 3.8) is 0 Å². The molecule has 2 aromatic heterocycles. The van der Waals surface area contributed by atoms with E-state index in [1.54, 1.807) is 29.7 Å². The summed E-state index contributed by atoms with van der Waals surface area (Å²) in [4.78, 5) is 3.96. The molecule has 0 radical (unpaired) electrons. The van der Waals surface area contributed by atoms with Crippen molar-refractivity contribution in [1.82, 2.24) is 4.98 Å². The van der Waals surface area contributed by atoms with Gasteiger partial charge in [0, 0.05) is 11.8 Å². The van der Waals surface area contributed by atoms with Gasteiger partial charge in [-0.1, -0.05) is 6.07 Å². The van der Waals surface area contributed by atoms with E-state index in [1.165, 1.54) is 0 Å². The van der Waals surface area contributed by atoms with Gasteiger partial charge in [-0.15, -0.1) is 0 Å². The van der Waals surface area contributed by atoms with Crippen LogP contribution in [0.25, 0.3) is 0 Å². The zero-order valence-electron chi connectivity index (χ0n) is 8.34. The summed E-state index contributed by atoms with van der Waals surface area (Å²) in [5, 5.41) is 14.1. The molecule has 78 valence electrons. The number of aryl methyl sites for hydroxylation is 1. The fraction of sp³-hybridized carbons (Fsp3) is 0.182. The van der Waals surface area contributed by atoms with Gasteiger partial charge in [0.25, 0.3) is 0 Å². The van der Waals surface area contributed by atoms with E-state index in [1.807, 2.05) is 17.7 Å². The Labute approximate surface area is 92.2 Å². The van der Waals surface area contributed by atoms with Crippen molar-refractivity contribution in [2.45, 2.75) is 13.0 Å². The van der Waals surface area contributed by atoms with Crippen LogP contribution in [0.3, 0.4) is 0 Å². The predicted molar refractivity (Wildman–Crippen MR) is 61.8 cm³/mol. The zero-order chi connectivity index (χ0) is 10.8. The summed E-state index contributed by atoms with van der Waals surface area (Å²) in [5.74, 6) is 0.385. The number of hydrogen-bond donors (Lipinski definition) is 2. The molecule has 0 saturated heterocycles. The largest absolute Gasteiger partial charge is 0.383 e. The minimum absolute atomic E-state index is 0.385. The van der Waals surface area contributed by atoms with E-state index in [0.717, 1.165) is 11.1 Å². The molecule has 0 aliphatic rings. The van der Waals surface area contributed by atoms with Gasteiger partial charge in [-0.3, -0.25) is 0 Å². The highest BCUT2D eigenvalue weighted by atomic mass is 32.1.